The van der Waals surface area contributed by atoms with Crippen LogP contribution in [0, 0.1) is 6.92 Å². The lowest BCUT2D eigenvalue weighted by Crippen LogP contribution is -2.46. The molecule has 0 aliphatic heterocycles. The zero-order valence-electron chi connectivity index (χ0n) is 13.4. The zero-order chi connectivity index (χ0) is 16.0. The highest BCUT2D eigenvalue weighted by Crippen LogP contribution is 2.09. The van der Waals surface area contributed by atoms with E-state index in [-0.39, 0.29) is 23.9 Å². The standard InChI is InChI=1S/C17H24N2O2/c1-13-8-6-7-9-14(13)10-11-16(21)19(5)12-15(20)18-17(2,3)4/h6-11H,12H2,1-5H3,(H,18,20)/b11-10+. The quantitative estimate of drug-likeness (QED) is 0.865. The van der Waals surface area contributed by atoms with E-state index in [1.807, 2.05) is 52.0 Å². The fourth-order valence-electron chi connectivity index (χ4n) is 1.81. The summed E-state index contributed by atoms with van der Waals surface area (Å²) in [6.07, 6.45) is 3.27. The molecule has 4 nitrogen and oxygen atoms in total. The summed E-state index contributed by atoms with van der Waals surface area (Å²) in [4.78, 5) is 25.2. The maximum atomic E-state index is 12.0. The van der Waals surface area contributed by atoms with Crippen molar-refractivity contribution in [2.75, 3.05) is 13.6 Å². The number of nitrogens with one attached hydrogen (secondary N) is 1. The van der Waals surface area contributed by atoms with E-state index in [2.05, 4.69) is 5.32 Å². The van der Waals surface area contributed by atoms with Crippen LogP contribution in [-0.4, -0.2) is 35.8 Å². The Labute approximate surface area is 126 Å². The van der Waals surface area contributed by atoms with Gasteiger partial charge in [0.25, 0.3) is 0 Å². The number of hydrogen-bond acceptors (Lipinski definition) is 2. The summed E-state index contributed by atoms with van der Waals surface area (Å²) in [5.74, 6) is -0.357. The minimum atomic E-state index is -0.294. The van der Waals surface area contributed by atoms with Crippen molar-refractivity contribution in [2.45, 2.75) is 33.2 Å². The Balaban J connectivity index is 2.59. The highest BCUT2D eigenvalue weighted by atomic mass is 16.2. The Morgan fingerprint density at radius 1 is 1.24 bits per heavy atom. The molecule has 0 saturated heterocycles. The molecule has 0 atom stereocenters. The zero-order valence-corrected chi connectivity index (χ0v) is 13.4. The lowest BCUT2D eigenvalue weighted by Gasteiger charge is -2.22. The molecule has 2 amide bonds. The number of benzene rings is 1. The molecule has 0 bridgehead atoms. The van der Waals surface area contributed by atoms with Crippen molar-refractivity contribution in [1.29, 1.82) is 0 Å². The molecule has 0 radical (unpaired) electrons. The van der Waals surface area contributed by atoms with Crippen molar-refractivity contribution < 1.29 is 9.59 Å². The van der Waals surface area contributed by atoms with Crippen LogP contribution in [-0.2, 0) is 9.59 Å². The van der Waals surface area contributed by atoms with Crippen LogP contribution in [0.3, 0.4) is 0 Å². The molecular formula is C17H24N2O2. The first-order chi connectivity index (χ1) is 9.69. The average molecular weight is 288 g/mol. The molecule has 0 spiro atoms. The molecule has 1 aromatic rings. The molecule has 0 aliphatic carbocycles. The number of amides is 2. The van der Waals surface area contributed by atoms with Crippen molar-refractivity contribution in [3.05, 3.63) is 41.5 Å². The fraction of sp³-hybridized carbons (Fsp3) is 0.412. The van der Waals surface area contributed by atoms with Gasteiger partial charge in [-0.05, 0) is 44.9 Å². The molecule has 1 aromatic carbocycles. The molecule has 0 heterocycles. The molecule has 114 valence electrons. The maximum Gasteiger partial charge on any atom is 0.246 e. The number of nitrogens with zero attached hydrogens (tertiary/aromatic N) is 1. The number of hydrogen-bond donors (Lipinski definition) is 1. The van der Waals surface area contributed by atoms with E-state index in [1.54, 1.807) is 13.1 Å². The fourth-order valence-corrected chi connectivity index (χ4v) is 1.81. The second-order valence-electron chi connectivity index (χ2n) is 6.18. The van der Waals surface area contributed by atoms with E-state index in [9.17, 15) is 9.59 Å². The van der Waals surface area contributed by atoms with Gasteiger partial charge in [-0.2, -0.15) is 0 Å². The highest BCUT2D eigenvalue weighted by molar-refractivity contribution is 5.94. The van der Waals surface area contributed by atoms with Crippen molar-refractivity contribution in [3.63, 3.8) is 0 Å². The monoisotopic (exact) mass is 288 g/mol. The van der Waals surface area contributed by atoms with Crippen LogP contribution in [0.1, 0.15) is 31.9 Å². The van der Waals surface area contributed by atoms with Crippen LogP contribution >= 0.6 is 0 Å². The summed E-state index contributed by atoms with van der Waals surface area (Å²) in [7, 11) is 1.62. The first-order valence-corrected chi connectivity index (χ1v) is 6.99. The Morgan fingerprint density at radius 2 is 1.86 bits per heavy atom. The van der Waals surface area contributed by atoms with Gasteiger partial charge < -0.3 is 10.2 Å². The first kappa shape index (κ1) is 17.0. The van der Waals surface area contributed by atoms with Gasteiger partial charge in [-0.25, -0.2) is 0 Å². The minimum Gasteiger partial charge on any atom is -0.350 e. The number of aryl methyl sites for hydroxylation is 1. The Bertz CT molecular complexity index is 542. The molecule has 0 fully saturated rings. The van der Waals surface area contributed by atoms with Gasteiger partial charge in [-0.15, -0.1) is 0 Å². The SMILES string of the molecule is Cc1ccccc1/C=C/C(=O)N(C)CC(=O)NC(C)(C)C. The normalized spacial score (nSPS) is 11.5. The van der Waals surface area contributed by atoms with Crippen LogP contribution in [0.4, 0.5) is 0 Å². The third-order valence-corrected chi connectivity index (χ3v) is 2.87. The highest BCUT2D eigenvalue weighted by Gasteiger charge is 2.16. The molecular weight excluding hydrogens is 264 g/mol. The first-order valence-electron chi connectivity index (χ1n) is 6.99. The van der Waals surface area contributed by atoms with Gasteiger partial charge in [0.1, 0.15) is 0 Å². The van der Waals surface area contributed by atoms with Gasteiger partial charge >= 0.3 is 0 Å². The van der Waals surface area contributed by atoms with Gasteiger partial charge in [0.05, 0.1) is 6.54 Å². The van der Waals surface area contributed by atoms with E-state index in [4.69, 9.17) is 0 Å². The second kappa shape index (κ2) is 7.07. The van der Waals surface area contributed by atoms with Gasteiger partial charge in [0, 0.05) is 18.7 Å². The van der Waals surface area contributed by atoms with Crippen LogP contribution < -0.4 is 5.32 Å². The summed E-state index contributed by atoms with van der Waals surface area (Å²) in [6, 6.07) is 7.82. The number of carbonyl (C=O) groups is 2. The number of carbonyl (C=O) groups excluding carboxylic acids is 2. The van der Waals surface area contributed by atoms with Crippen molar-refractivity contribution in [2.24, 2.45) is 0 Å². The molecule has 4 heteroatoms. The summed E-state index contributed by atoms with van der Waals surface area (Å²) in [5, 5.41) is 2.83. The van der Waals surface area contributed by atoms with Crippen LogP contribution in [0.5, 0.6) is 0 Å². The predicted molar refractivity (Wildman–Crippen MR) is 85.7 cm³/mol. The maximum absolute atomic E-state index is 12.0. The summed E-state index contributed by atoms with van der Waals surface area (Å²) < 4.78 is 0. The van der Waals surface area contributed by atoms with E-state index >= 15 is 0 Å². The molecule has 1 N–H and O–H groups in total. The smallest absolute Gasteiger partial charge is 0.246 e. The van der Waals surface area contributed by atoms with Gasteiger partial charge in [-0.1, -0.05) is 24.3 Å². The number of likely N-dealkylation sites (N-methyl/N-ethyl adjacent to an activating group) is 1. The summed E-state index contributed by atoms with van der Waals surface area (Å²) in [6.45, 7) is 7.76. The van der Waals surface area contributed by atoms with Crippen molar-refractivity contribution in [1.82, 2.24) is 10.2 Å². The van der Waals surface area contributed by atoms with Gasteiger partial charge in [-0.3, -0.25) is 9.59 Å². The van der Waals surface area contributed by atoms with Crippen LogP contribution in [0.25, 0.3) is 6.08 Å². The Hall–Kier alpha value is -2.10. The van der Waals surface area contributed by atoms with E-state index < -0.39 is 0 Å². The van der Waals surface area contributed by atoms with Crippen LogP contribution in [0.2, 0.25) is 0 Å². The van der Waals surface area contributed by atoms with Crippen molar-refractivity contribution in [3.8, 4) is 0 Å². The molecule has 0 saturated carbocycles. The third kappa shape index (κ3) is 6.25. The Morgan fingerprint density at radius 3 is 2.43 bits per heavy atom. The molecule has 0 aromatic heterocycles. The molecule has 0 unspecified atom stereocenters. The molecule has 21 heavy (non-hydrogen) atoms. The summed E-state index contributed by atoms with van der Waals surface area (Å²) in [5.41, 5.74) is 1.81. The lowest BCUT2D eigenvalue weighted by atomic mass is 10.1. The van der Waals surface area contributed by atoms with E-state index in [1.165, 1.54) is 11.0 Å². The van der Waals surface area contributed by atoms with E-state index in [0.717, 1.165) is 11.1 Å². The lowest BCUT2D eigenvalue weighted by molar-refractivity contribution is -0.131. The van der Waals surface area contributed by atoms with E-state index in [0.29, 0.717) is 0 Å². The number of rotatable bonds is 4. The van der Waals surface area contributed by atoms with Gasteiger partial charge in [0.2, 0.25) is 11.8 Å². The van der Waals surface area contributed by atoms with Crippen molar-refractivity contribution >= 4 is 17.9 Å². The third-order valence-electron chi connectivity index (χ3n) is 2.87. The molecule has 0 aliphatic rings. The topological polar surface area (TPSA) is 49.4 Å². The van der Waals surface area contributed by atoms with Gasteiger partial charge in [0.15, 0.2) is 0 Å². The molecule has 1 rings (SSSR count). The average Bonchev–Trinajstić information content (AvgIpc) is 2.34. The van der Waals surface area contributed by atoms with Crippen LogP contribution in [0.15, 0.2) is 30.3 Å². The summed E-state index contributed by atoms with van der Waals surface area (Å²) >= 11 is 0. The predicted octanol–water partition coefficient (Wildman–Crippen LogP) is 2.38. The Kier molecular flexibility index (Phi) is 5.70. The minimum absolute atomic E-state index is 0.0498. The second-order valence-corrected chi connectivity index (χ2v) is 6.18. The largest absolute Gasteiger partial charge is 0.350 e.